The van der Waals surface area contributed by atoms with Gasteiger partial charge in [0.2, 0.25) is 10.0 Å². The smallest absolute Gasteiger partial charge is 0.211 e. The van der Waals surface area contributed by atoms with Gasteiger partial charge >= 0.3 is 0 Å². The summed E-state index contributed by atoms with van der Waals surface area (Å²) in [4.78, 5) is 0. The lowest BCUT2D eigenvalue weighted by molar-refractivity contribution is 0.566. The minimum atomic E-state index is -3.06. The van der Waals surface area contributed by atoms with Gasteiger partial charge in [-0.15, -0.1) is 0 Å². The summed E-state index contributed by atoms with van der Waals surface area (Å²) in [6.07, 6.45) is 6.46. The topological polar surface area (TPSA) is 58.2 Å². The Balaban J connectivity index is 2.06. The van der Waals surface area contributed by atoms with E-state index >= 15 is 0 Å². The summed E-state index contributed by atoms with van der Waals surface area (Å²) in [6.45, 7) is 4.68. The Hall–Kier alpha value is 0.220. The molecule has 1 atom stereocenters. The Morgan fingerprint density at radius 1 is 1.21 bits per heavy atom. The lowest BCUT2D eigenvalue weighted by atomic mass is 10.2. The highest BCUT2D eigenvalue weighted by molar-refractivity contribution is 8.00. The van der Waals surface area contributed by atoms with Gasteiger partial charge in [0, 0.05) is 11.8 Å². The standard InChI is InChI=1S/C13H28N2O2S2/c1-2-8-14-9-4-6-11-19(16,17)15-12-13-7-3-5-10-18-13/h13-15H,2-12H2,1H3. The van der Waals surface area contributed by atoms with Gasteiger partial charge in [-0.3, -0.25) is 0 Å². The van der Waals surface area contributed by atoms with Crippen LogP contribution in [-0.2, 0) is 10.0 Å². The van der Waals surface area contributed by atoms with Gasteiger partial charge in [0.05, 0.1) is 5.75 Å². The van der Waals surface area contributed by atoms with Crippen LogP contribution in [0.4, 0.5) is 0 Å². The van der Waals surface area contributed by atoms with Gasteiger partial charge in [-0.25, -0.2) is 13.1 Å². The zero-order valence-corrected chi connectivity index (χ0v) is 13.6. The SMILES string of the molecule is CCCNCCCCS(=O)(=O)NCC1CCCCS1. The van der Waals surface area contributed by atoms with E-state index in [4.69, 9.17) is 0 Å². The molecule has 4 nitrogen and oxygen atoms in total. The fraction of sp³-hybridized carbons (Fsp3) is 1.00. The van der Waals surface area contributed by atoms with Crippen molar-refractivity contribution in [2.24, 2.45) is 0 Å². The zero-order chi connectivity index (χ0) is 14.0. The Bertz CT molecular complexity index is 315. The summed E-state index contributed by atoms with van der Waals surface area (Å²) < 4.78 is 26.4. The first kappa shape index (κ1) is 17.3. The lowest BCUT2D eigenvalue weighted by Gasteiger charge is -2.21. The molecule has 2 N–H and O–H groups in total. The third-order valence-electron chi connectivity index (χ3n) is 3.25. The van der Waals surface area contributed by atoms with Gasteiger partial charge in [0.1, 0.15) is 0 Å². The fourth-order valence-corrected chi connectivity index (χ4v) is 4.63. The molecule has 114 valence electrons. The molecule has 0 aromatic heterocycles. The molecule has 1 aliphatic rings. The van der Waals surface area contributed by atoms with E-state index < -0.39 is 10.0 Å². The first-order valence-corrected chi connectivity index (χ1v) is 10.1. The lowest BCUT2D eigenvalue weighted by Crippen LogP contribution is -2.33. The molecule has 0 spiro atoms. The summed E-state index contributed by atoms with van der Waals surface area (Å²) in [5.74, 6) is 1.44. The number of rotatable bonds is 10. The van der Waals surface area contributed by atoms with E-state index in [0.717, 1.165) is 38.8 Å². The number of unbranched alkanes of at least 4 members (excludes halogenated alkanes) is 1. The van der Waals surface area contributed by atoms with Crippen LogP contribution in [0.3, 0.4) is 0 Å². The second-order valence-electron chi connectivity index (χ2n) is 5.11. The molecule has 19 heavy (non-hydrogen) atoms. The van der Waals surface area contributed by atoms with Crippen molar-refractivity contribution in [1.29, 1.82) is 0 Å². The van der Waals surface area contributed by atoms with Crippen LogP contribution in [0.15, 0.2) is 0 Å². The Kier molecular flexibility index (Phi) is 9.11. The van der Waals surface area contributed by atoms with Crippen LogP contribution in [-0.4, -0.2) is 44.8 Å². The third-order valence-corrected chi connectivity index (χ3v) is 6.08. The highest BCUT2D eigenvalue weighted by Gasteiger charge is 2.17. The van der Waals surface area contributed by atoms with Crippen molar-refractivity contribution < 1.29 is 8.42 Å². The van der Waals surface area contributed by atoms with Crippen molar-refractivity contribution in [3.63, 3.8) is 0 Å². The molecule has 6 heteroatoms. The van der Waals surface area contributed by atoms with Crippen LogP contribution in [0.1, 0.15) is 45.4 Å². The summed E-state index contributed by atoms with van der Waals surface area (Å²) in [5.41, 5.74) is 0. The normalized spacial score (nSPS) is 20.6. The molecule has 0 bridgehead atoms. The Morgan fingerprint density at radius 3 is 2.74 bits per heavy atom. The van der Waals surface area contributed by atoms with Crippen molar-refractivity contribution in [2.75, 3.05) is 31.1 Å². The van der Waals surface area contributed by atoms with Crippen molar-refractivity contribution >= 4 is 21.8 Å². The van der Waals surface area contributed by atoms with Gasteiger partial charge < -0.3 is 5.32 Å². The average molecular weight is 309 g/mol. The zero-order valence-electron chi connectivity index (χ0n) is 12.0. The maximum Gasteiger partial charge on any atom is 0.211 e. The third kappa shape index (κ3) is 8.89. The quantitative estimate of drug-likeness (QED) is 0.606. The van der Waals surface area contributed by atoms with Crippen molar-refractivity contribution in [3.8, 4) is 0 Å². The molecular formula is C13H28N2O2S2. The van der Waals surface area contributed by atoms with Gasteiger partial charge in [-0.1, -0.05) is 13.3 Å². The monoisotopic (exact) mass is 308 g/mol. The number of nitrogens with one attached hydrogen (secondary N) is 2. The van der Waals surface area contributed by atoms with E-state index in [1.54, 1.807) is 0 Å². The van der Waals surface area contributed by atoms with E-state index in [2.05, 4.69) is 17.0 Å². The van der Waals surface area contributed by atoms with E-state index in [0.29, 0.717) is 11.8 Å². The largest absolute Gasteiger partial charge is 0.317 e. The summed E-state index contributed by atoms with van der Waals surface area (Å²) in [6, 6.07) is 0. The Labute approximate surface area is 122 Å². The second-order valence-corrected chi connectivity index (χ2v) is 8.45. The maximum absolute atomic E-state index is 11.8. The van der Waals surface area contributed by atoms with Crippen LogP contribution < -0.4 is 10.0 Å². The second kappa shape index (κ2) is 10.0. The van der Waals surface area contributed by atoms with Gasteiger partial charge in [-0.2, -0.15) is 11.8 Å². The number of hydrogen-bond donors (Lipinski definition) is 2. The minimum absolute atomic E-state index is 0.262. The van der Waals surface area contributed by atoms with Crippen molar-refractivity contribution in [2.45, 2.75) is 50.7 Å². The first-order valence-electron chi connectivity index (χ1n) is 7.43. The molecule has 1 heterocycles. The molecule has 1 saturated heterocycles. The van der Waals surface area contributed by atoms with Crippen molar-refractivity contribution in [3.05, 3.63) is 0 Å². The molecule has 0 saturated carbocycles. The van der Waals surface area contributed by atoms with E-state index in [-0.39, 0.29) is 5.75 Å². The number of sulfonamides is 1. The van der Waals surface area contributed by atoms with Crippen molar-refractivity contribution in [1.82, 2.24) is 10.0 Å². The minimum Gasteiger partial charge on any atom is -0.317 e. The predicted octanol–water partition coefficient (Wildman–Crippen LogP) is 1.97. The molecule has 1 aliphatic heterocycles. The van der Waals surface area contributed by atoms with Crippen LogP contribution in [0.2, 0.25) is 0 Å². The number of hydrogen-bond acceptors (Lipinski definition) is 4. The highest BCUT2D eigenvalue weighted by atomic mass is 32.2. The summed E-state index contributed by atoms with van der Waals surface area (Å²) in [7, 11) is -3.06. The molecule has 1 fully saturated rings. The van der Waals surface area contributed by atoms with Crippen LogP contribution in [0, 0.1) is 0 Å². The molecule has 0 radical (unpaired) electrons. The highest BCUT2D eigenvalue weighted by Crippen LogP contribution is 2.24. The van der Waals surface area contributed by atoms with Crippen LogP contribution in [0.25, 0.3) is 0 Å². The van der Waals surface area contributed by atoms with E-state index in [9.17, 15) is 8.42 Å². The van der Waals surface area contributed by atoms with Crippen LogP contribution >= 0.6 is 11.8 Å². The molecule has 0 aliphatic carbocycles. The molecule has 1 rings (SSSR count). The Morgan fingerprint density at radius 2 is 2.05 bits per heavy atom. The number of thioether (sulfide) groups is 1. The van der Waals surface area contributed by atoms with E-state index in [1.165, 1.54) is 18.6 Å². The average Bonchev–Trinajstić information content (AvgIpc) is 2.42. The molecule has 0 amide bonds. The van der Waals surface area contributed by atoms with Gasteiger partial charge in [-0.05, 0) is 50.9 Å². The maximum atomic E-state index is 11.8. The molecule has 1 unspecified atom stereocenters. The summed E-state index contributed by atoms with van der Waals surface area (Å²) in [5, 5.41) is 3.77. The predicted molar refractivity (Wildman–Crippen MR) is 84.3 cm³/mol. The molecule has 0 aromatic rings. The van der Waals surface area contributed by atoms with Crippen LogP contribution in [0.5, 0.6) is 0 Å². The molecule has 0 aromatic carbocycles. The first-order chi connectivity index (χ1) is 9.14. The van der Waals surface area contributed by atoms with Gasteiger partial charge in [0.25, 0.3) is 0 Å². The van der Waals surface area contributed by atoms with E-state index in [1.807, 2.05) is 11.8 Å². The molecular weight excluding hydrogens is 280 g/mol. The summed E-state index contributed by atoms with van der Waals surface area (Å²) >= 11 is 1.90. The fourth-order valence-electron chi connectivity index (χ4n) is 2.10. The van der Waals surface area contributed by atoms with Gasteiger partial charge in [0.15, 0.2) is 0 Å².